The highest BCUT2D eigenvalue weighted by atomic mass is 32.2. The number of nitrogens with two attached hydrogens (primary N) is 1. The molecule has 0 aliphatic heterocycles. The highest BCUT2D eigenvalue weighted by Gasteiger charge is 2.28. The van der Waals surface area contributed by atoms with Gasteiger partial charge in [0.05, 0.1) is 4.90 Å². The van der Waals surface area contributed by atoms with Crippen molar-refractivity contribution in [3.8, 4) is 0 Å². The summed E-state index contributed by atoms with van der Waals surface area (Å²) in [5, 5.41) is 5.22. The van der Waals surface area contributed by atoms with Crippen LogP contribution in [0.15, 0.2) is 17.0 Å². The van der Waals surface area contributed by atoms with Crippen LogP contribution in [0, 0.1) is 13.8 Å². The van der Waals surface area contributed by atoms with Gasteiger partial charge in [-0.15, -0.1) is 0 Å². The molecule has 1 aliphatic carbocycles. The third-order valence-corrected chi connectivity index (χ3v) is 4.14. The second-order valence-electron chi connectivity index (χ2n) is 4.25. The fourth-order valence-corrected chi connectivity index (χ4v) is 3.18. The normalized spacial score (nSPS) is 16.7. The average molecular weight is 225 g/mol. The van der Waals surface area contributed by atoms with Crippen LogP contribution >= 0.6 is 0 Å². The summed E-state index contributed by atoms with van der Waals surface area (Å²) in [6.45, 7) is 3.63. The van der Waals surface area contributed by atoms with Gasteiger partial charge in [-0.25, -0.2) is 13.6 Å². The first-order chi connectivity index (χ1) is 6.91. The van der Waals surface area contributed by atoms with Crippen LogP contribution < -0.4 is 5.14 Å². The molecule has 0 bridgehead atoms. The summed E-state index contributed by atoms with van der Waals surface area (Å²) in [6.07, 6.45) is 2.32. The van der Waals surface area contributed by atoms with Crippen molar-refractivity contribution in [1.82, 2.24) is 0 Å². The molecule has 82 valence electrons. The van der Waals surface area contributed by atoms with E-state index in [0.29, 0.717) is 10.8 Å². The Labute approximate surface area is 90.4 Å². The molecule has 2 rings (SSSR count). The molecule has 4 heteroatoms. The SMILES string of the molecule is Cc1ccc(C2CC2)c(C)c1S(N)(=O)=O. The first kappa shape index (κ1) is 10.6. The molecule has 0 amide bonds. The van der Waals surface area contributed by atoms with Crippen molar-refractivity contribution in [3.05, 3.63) is 28.8 Å². The lowest BCUT2D eigenvalue weighted by Crippen LogP contribution is -2.16. The van der Waals surface area contributed by atoms with Crippen molar-refractivity contribution in [2.75, 3.05) is 0 Å². The van der Waals surface area contributed by atoms with Gasteiger partial charge in [0.2, 0.25) is 10.0 Å². The van der Waals surface area contributed by atoms with E-state index < -0.39 is 10.0 Å². The number of hydrogen-bond acceptors (Lipinski definition) is 2. The molecule has 0 heterocycles. The highest BCUT2D eigenvalue weighted by Crippen LogP contribution is 2.43. The standard InChI is InChI=1S/C11H15NO2S/c1-7-3-6-10(9-4-5-9)8(2)11(7)15(12,13)14/h3,6,9H,4-5H2,1-2H3,(H2,12,13,14). The van der Waals surface area contributed by atoms with Crippen LogP contribution in [0.2, 0.25) is 0 Å². The van der Waals surface area contributed by atoms with Gasteiger partial charge in [0.1, 0.15) is 0 Å². The molecule has 0 saturated heterocycles. The quantitative estimate of drug-likeness (QED) is 0.834. The molecule has 1 aromatic carbocycles. The Bertz CT molecular complexity index is 502. The van der Waals surface area contributed by atoms with E-state index in [-0.39, 0.29) is 0 Å². The minimum Gasteiger partial charge on any atom is -0.225 e. The summed E-state index contributed by atoms with van der Waals surface area (Å²) in [4.78, 5) is 0.312. The Hall–Kier alpha value is -0.870. The summed E-state index contributed by atoms with van der Waals surface area (Å²) in [7, 11) is -3.59. The van der Waals surface area contributed by atoms with Gasteiger partial charge in [0.25, 0.3) is 0 Å². The van der Waals surface area contributed by atoms with Gasteiger partial charge in [-0.3, -0.25) is 0 Å². The van der Waals surface area contributed by atoms with Crippen LogP contribution in [0.4, 0.5) is 0 Å². The van der Waals surface area contributed by atoms with Gasteiger partial charge in [0.15, 0.2) is 0 Å². The average Bonchev–Trinajstić information content (AvgIpc) is 2.84. The Morgan fingerprint density at radius 3 is 2.33 bits per heavy atom. The van der Waals surface area contributed by atoms with Crippen molar-refractivity contribution in [2.24, 2.45) is 5.14 Å². The Morgan fingerprint density at radius 2 is 1.87 bits per heavy atom. The number of primary sulfonamides is 1. The van der Waals surface area contributed by atoms with E-state index in [0.717, 1.165) is 29.5 Å². The van der Waals surface area contributed by atoms with Gasteiger partial charge in [-0.05, 0) is 49.3 Å². The predicted molar refractivity (Wildman–Crippen MR) is 59.3 cm³/mol. The number of aryl methyl sites for hydroxylation is 1. The lowest BCUT2D eigenvalue weighted by molar-refractivity contribution is 0.596. The molecule has 1 fully saturated rings. The lowest BCUT2D eigenvalue weighted by Gasteiger charge is -2.11. The molecule has 15 heavy (non-hydrogen) atoms. The van der Waals surface area contributed by atoms with Crippen LogP contribution in [-0.2, 0) is 10.0 Å². The summed E-state index contributed by atoms with van der Waals surface area (Å²) in [6, 6.07) is 3.87. The smallest absolute Gasteiger partial charge is 0.225 e. The van der Waals surface area contributed by atoms with E-state index in [1.807, 2.05) is 19.1 Å². The molecule has 0 aromatic heterocycles. The fourth-order valence-electron chi connectivity index (χ4n) is 2.12. The molecule has 0 radical (unpaired) electrons. The molecule has 1 saturated carbocycles. The summed E-state index contributed by atoms with van der Waals surface area (Å²) < 4.78 is 22.9. The Balaban J connectivity index is 2.66. The maximum absolute atomic E-state index is 11.4. The van der Waals surface area contributed by atoms with Crippen molar-refractivity contribution in [2.45, 2.75) is 37.5 Å². The van der Waals surface area contributed by atoms with E-state index in [4.69, 9.17) is 5.14 Å². The molecular formula is C11H15NO2S. The number of benzene rings is 1. The summed E-state index contributed by atoms with van der Waals surface area (Å²) >= 11 is 0. The Kier molecular flexibility index (Phi) is 2.35. The fraction of sp³-hybridized carbons (Fsp3) is 0.455. The first-order valence-electron chi connectivity index (χ1n) is 5.04. The van der Waals surface area contributed by atoms with Gasteiger partial charge >= 0.3 is 0 Å². The van der Waals surface area contributed by atoms with Gasteiger partial charge in [-0.1, -0.05) is 12.1 Å². The van der Waals surface area contributed by atoms with Crippen LogP contribution in [0.3, 0.4) is 0 Å². The molecular weight excluding hydrogens is 210 g/mol. The minimum absolute atomic E-state index is 0.312. The van der Waals surface area contributed by atoms with E-state index in [2.05, 4.69) is 0 Å². The first-order valence-corrected chi connectivity index (χ1v) is 6.59. The molecule has 0 atom stereocenters. The van der Waals surface area contributed by atoms with Crippen LogP contribution in [-0.4, -0.2) is 8.42 Å². The van der Waals surface area contributed by atoms with E-state index in [9.17, 15) is 8.42 Å². The highest BCUT2D eigenvalue weighted by molar-refractivity contribution is 7.89. The molecule has 2 N–H and O–H groups in total. The predicted octanol–water partition coefficient (Wildman–Crippen LogP) is 1.83. The van der Waals surface area contributed by atoms with Crippen LogP contribution in [0.25, 0.3) is 0 Å². The van der Waals surface area contributed by atoms with Gasteiger partial charge < -0.3 is 0 Å². The minimum atomic E-state index is -3.59. The zero-order valence-corrected chi connectivity index (χ0v) is 9.76. The van der Waals surface area contributed by atoms with Crippen LogP contribution in [0.5, 0.6) is 0 Å². The maximum Gasteiger partial charge on any atom is 0.238 e. The number of sulfonamides is 1. The largest absolute Gasteiger partial charge is 0.238 e. The zero-order valence-electron chi connectivity index (χ0n) is 8.95. The van der Waals surface area contributed by atoms with Crippen molar-refractivity contribution < 1.29 is 8.42 Å². The lowest BCUT2D eigenvalue weighted by atomic mass is 10.0. The molecule has 3 nitrogen and oxygen atoms in total. The van der Waals surface area contributed by atoms with Gasteiger partial charge in [0, 0.05) is 0 Å². The topological polar surface area (TPSA) is 60.2 Å². The van der Waals surface area contributed by atoms with Crippen molar-refractivity contribution in [1.29, 1.82) is 0 Å². The van der Waals surface area contributed by atoms with Crippen molar-refractivity contribution in [3.63, 3.8) is 0 Å². The van der Waals surface area contributed by atoms with Gasteiger partial charge in [-0.2, -0.15) is 0 Å². The second kappa shape index (κ2) is 3.32. The molecule has 0 spiro atoms. The number of hydrogen-bond donors (Lipinski definition) is 1. The molecule has 0 unspecified atom stereocenters. The molecule has 1 aromatic rings. The van der Waals surface area contributed by atoms with E-state index in [1.54, 1.807) is 6.92 Å². The van der Waals surface area contributed by atoms with Crippen LogP contribution in [0.1, 0.15) is 35.4 Å². The summed E-state index contributed by atoms with van der Waals surface area (Å²) in [5.41, 5.74) is 2.71. The second-order valence-corrected chi connectivity index (χ2v) is 5.74. The molecule has 1 aliphatic rings. The summed E-state index contributed by atoms with van der Waals surface area (Å²) in [5.74, 6) is 0.547. The monoisotopic (exact) mass is 225 g/mol. The third kappa shape index (κ3) is 1.92. The third-order valence-electron chi connectivity index (χ3n) is 2.95. The van der Waals surface area contributed by atoms with E-state index in [1.165, 1.54) is 0 Å². The van der Waals surface area contributed by atoms with E-state index >= 15 is 0 Å². The number of rotatable bonds is 2. The zero-order chi connectivity index (χ0) is 11.2. The Morgan fingerprint density at radius 1 is 1.27 bits per heavy atom. The van der Waals surface area contributed by atoms with Crippen molar-refractivity contribution >= 4 is 10.0 Å². The maximum atomic E-state index is 11.4.